The number of phosphoric ester groups is 1. The van der Waals surface area contributed by atoms with Gasteiger partial charge in [-0.25, -0.2) is 0 Å². The van der Waals surface area contributed by atoms with E-state index in [-0.39, 0.29) is 18.9 Å². The molecule has 0 aliphatic carbocycles. The lowest BCUT2D eigenvalue weighted by Gasteiger charge is -2.31. The summed E-state index contributed by atoms with van der Waals surface area (Å²) in [6.07, 6.45) is 76.0. The summed E-state index contributed by atoms with van der Waals surface area (Å²) in [7, 11) is 1.10. The van der Waals surface area contributed by atoms with Crippen LogP contribution in [0.3, 0.4) is 0 Å². The van der Waals surface area contributed by atoms with Crippen molar-refractivity contribution in [2.75, 3.05) is 40.9 Å². The van der Waals surface area contributed by atoms with E-state index in [2.05, 4.69) is 129 Å². The first-order valence-corrected chi connectivity index (χ1v) is 31.8. The van der Waals surface area contributed by atoms with Crippen LogP contribution in [-0.2, 0) is 18.4 Å². The lowest BCUT2D eigenvalue weighted by molar-refractivity contribution is -0.870. The van der Waals surface area contributed by atoms with E-state index in [0.29, 0.717) is 30.3 Å². The van der Waals surface area contributed by atoms with E-state index in [1.54, 1.807) is 0 Å². The second kappa shape index (κ2) is 54.5. The monoisotopic (exact) mass is 1070 g/mol. The van der Waals surface area contributed by atoms with Crippen LogP contribution in [0.5, 0.6) is 0 Å². The van der Waals surface area contributed by atoms with Gasteiger partial charge in [-0.05, 0) is 103 Å². The Bertz CT molecular complexity index is 1610. The van der Waals surface area contributed by atoms with Crippen LogP contribution in [0.2, 0.25) is 0 Å². The lowest BCUT2D eigenvalue weighted by Crippen LogP contribution is -2.51. The Labute approximate surface area is 462 Å². The normalized spacial score (nSPS) is 15.0. The van der Waals surface area contributed by atoms with Gasteiger partial charge in [0.2, 0.25) is 5.91 Å². The second-order valence-corrected chi connectivity index (χ2v) is 22.9. The molecule has 4 atom stereocenters. The van der Waals surface area contributed by atoms with Gasteiger partial charge in [0.05, 0.1) is 39.9 Å². The summed E-state index contributed by atoms with van der Waals surface area (Å²) in [6.45, 7) is 4.29. The van der Waals surface area contributed by atoms with Gasteiger partial charge in [0.25, 0.3) is 7.82 Å². The number of rotatable bonds is 54. The Morgan fingerprint density at radius 2 is 0.840 bits per heavy atom. The number of carbonyl (C=O) groups is 1. The molecule has 3 N–H and O–H groups in total. The quantitative estimate of drug-likeness (QED) is 0.0239. The minimum absolute atomic E-state index is 0.0498. The smallest absolute Gasteiger partial charge is 0.268 e. The zero-order valence-electron chi connectivity index (χ0n) is 48.8. The third kappa shape index (κ3) is 55.7. The summed E-state index contributed by atoms with van der Waals surface area (Å²) in [5.74, 6) is -0.293. The van der Waals surface area contributed by atoms with E-state index < -0.39 is 32.7 Å². The predicted octanol–water partition coefficient (Wildman–Crippen LogP) is 17.1. The van der Waals surface area contributed by atoms with E-state index in [0.717, 1.165) is 83.5 Å². The summed E-state index contributed by atoms with van der Waals surface area (Å²) in [5, 5.41) is 24.7. The fourth-order valence-electron chi connectivity index (χ4n) is 8.33. The molecule has 10 heteroatoms. The first kappa shape index (κ1) is 72.1. The number of hydrogen-bond donors (Lipinski definition) is 3. The number of nitrogens with zero attached hydrogens (tertiary/aromatic N) is 1. The summed E-state index contributed by atoms with van der Waals surface area (Å²) < 4.78 is 23.2. The molecule has 1 amide bonds. The SMILES string of the molecule is CC/C=C\C/C=C\C/C=C\C/C=C\C/C=C\C/C=C\C/C=C\C/C=C\CCCCCCCCCCCCCCCCC(=O)NC(COP(=O)([O-])OCC[N+](C)(C)C)C(O)C(O)CCC/C=C/CCCCCCCCC. The summed E-state index contributed by atoms with van der Waals surface area (Å²) in [6, 6.07) is -1.10. The van der Waals surface area contributed by atoms with Crippen LogP contribution in [0.25, 0.3) is 0 Å². The van der Waals surface area contributed by atoms with Gasteiger partial charge in [-0.1, -0.05) is 239 Å². The van der Waals surface area contributed by atoms with Crippen LogP contribution in [0, 0.1) is 0 Å². The van der Waals surface area contributed by atoms with Crippen LogP contribution in [0.15, 0.2) is 109 Å². The van der Waals surface area contributed by atoms with Crippen molar-refractivity contribution < 1.29 is 38.0 Å². The molecule has 0 aromatic heterocycles. The van der Waals surface area contributed by atoms with Crippen molar-refractivity contribution in [2.24, 2.45) is 0 Å². The number of nitrogens with one attached hydrogen (secondary N) is 1. The Morgan fingerprint density at radius 3 is 1.24 bits per heavy atom. The maximum absolute atomic E-state index is 13.0. The molecule has 0 radical (unpaired) electrons. The highest BCUT2D eigenvalue weighted by Crippen LogP contribution is 2.38. The van der Waals surface area contributed by atoms with E-state index in [1.807, 2.05) is 21.1 Å². The highest BCUT2D eigenvalue weighted by Gasteiger charge is 2.29. The molecular weight excluding hydrogens is 952 g/mol. The van der Waals surface area contributed by atoms with Crippen LogP contribution >= 0.6 is 7.82 Å². The van der Waals surface area contributed by atoms with Crippen molar-refractivity contribution >= 4 is 13.7 Å². The van der Waals surface area contributed by atoms with Gasteiger partial charge in [-0.3, -0.25) is 9.36 Å². The van der Waals surface area contributed by atoms with E-state index in [9.17, 15) is 24.5 Å². The molecule has 75 heavy (non-hydrogen) atoms. The van der Waals surface area contributed by atoms with Gasteiger partial charge in [-0.15, -0.1) is 0 Å². The molecule has 0 spiro atoms. The number of quaternary nitrogens is 1. The highest BCUT2D eigenvalue weighted by atomic mass is 31.2. The summed E-state index contributed by atoms with van der Waals surface area (Å²) in [4.78, 5) is 25.5. The van der Waals surface area contributed by atoms with Crippen molar-refractivity contribution in [3.05, 3.63) is 109 Å². The highest BCUT2D eigenvalue weighted by molar-refractivity contribution is 7.45. The molecular formula is C65H115N2O7P. The number of aliphatic hydroxyl groups excluding tert-OH is 2. The Hall–Kier alpha value is -2.88. The molecule has 0 saturated heterocycles. The molecule has 0 bridgehead atoms. The Morgan fingerprint density at radius 1 is 0.493 bits per heavy atom. The minimum atomic E-state index is -4.68. The largest absolute Gasteiger partial charge is 0.756 e. The molecule has 0 saturated carbocycles. The molecule has 0 aliphatic heterocycles. The van der Waals surface area contributed by atoms with Crippen molar-refractivity contribution in [2.45, 2.75) is 257 Å². The zero-order valence-corrected chi connectivity index (χ0v) is 49.7. The number of aliphatic hydroxyl groups is 2. The molecule has 432 valence electrons. The van der Waals surface area contributed by atoms with Crippen LogP contribution in [0.4, 0.5) is 0 Å². The third-order valence-electron chi connectivity index (χ3n) is 13.1. The number of allylic oxidation sites excluding steroid dienone is 18. The summed E-state index contributed by atoms with van der Waals surface area (Å²) >= 11 is 0. The maximum atomic E-state index is 13.0. The van der Waals surface area contributed by atoms with Gasteiger partial charge in [0.1, 0.15) is 19.3 Å². The standard InChI is InChI=1S/C65H115N2O7P/c1-6-8-10-12-14-16-18-20-21-22-23-24-25-26-27-28-29-30-31-32-33-34-35-36-37-38-39-40-41-42-43-44-45-46-48-50-52-54-56-58-64(69)66-62(61-74-75(71,72)73-60-59-67(3,4)5)65(70)63(68)57-55-53-51-49-47-19-17-15-13-11-9-7-2/h8,10,14,16,20-21,23-24,26-27,29-30,32-33,35-36,49,51,62-63,65,68,70H,6-7,9,11-13,15,17-19,22,25,28,31,34,37-48,50,52-61H2,1-5H3,(H-,66,69,71,72)/b10-8-,16-14-,21-20-,24-23-,27-26-,30-29-,33-32-,36-35-,51-49+. The molecule has 0 aromatic carbocycles. The van der Waals surface area contributed by atoms with Crippen LogP contribution < -0.4 is 10.2 Å². The Kier molecular flexibility index (Phi) is 52.4. The third-order valence-corrected chi connectivity index (χ3v) is 14.1. The van der Waals surface area contributed by atoms with Gasteiger partial charge in [0, 0.05) is 6.42 Å². The molecule has 0 fully saturated rings. The number of carbonyl (C=O) groups excluding carboxylic acids is 1. The van der Waals surface area contributed by atoms with Gasteiger partial charge in [0.15, 0.2) is 0 Å². The first-order chi connectivity index (χ1) is 36.4. The van der Waals surface area contributed by atoms with E-state index in [4.69, 9.17) is 9.05 Å². The molecule has 0 rings (SSSR count). The van der Waals surface area contributed by atoms with Crippen molar-refractivity contribution in [3.8, 4) is 0 Å². The number of amides is 1. The molecule has 0 heterocycles. The molecule has 9 nitrogen and oxygen atoms in total. The van der Waals surface area contributed by atoms with E-state index in [1.165, 1.54) is 116 Å². The zero-order chi connectivity index (χ0) is 55.0. The maximum Gasteiger partial charge on any atom is 0.268 e. The number of unbranched alkanes of at least 4 members (excludes halogenated alkanes) is 22. The molecule has 0 aromatic rings. The average molecular weight is 1070 g/mol. The van der Waals surface area contributed by atoms with Crippen molar-refractivity contribution in [1.29, 1.82) is 0 Å². The van der Waals surface area contributed by atoms with Crippen molar-refractivity contribution in [1.82, 2.24) is 5.32 Å². The first-order valence-electron chi connectivity index (χ1n) is 30.3. The second-order valence-electron chi connectivity index (χ2n) is 21.5. The number of hydrogen-bond acceptors (Lipinski definition) is 7. The van der Waals surface area contributed by atoms with Crippen molar-refractivity contribution in [3.63, 3.8) is 0 Å². The fraction of sp³-hybridized carbons (Fsp3) is 0.708. The fourth-order valence-corrected chi connectivity index (χ4v) is 9.05. The summed E-state index contributed by atoms with van der Waals surface area (Å²) in [5.41, 5.74) is 0. The topological polar surface area (TPSA) is 128 Å². The van der Waals surface area contributed by atoms with Gasteiger partial charge >= 0.3 is 0 Å². The average Bonchev–Trinajstić information content (AvgIpc) is 3.37. The van der Waals surface area contributed by atoms with Gasteiger partial charge in [-0.2, -0.15) is 0 Å². The Balaban J connectivity index is 4.09. The number of likely N-dealkylation sites (N-methyl/N-ethyl adjacent to an activating group) is 1. The molecule has 4 unspecified atom stereocenters. The predicted molar refractivity (Wildman–Crippen MR) is 322 cm³/mol. The minimum Gasteiger partial charge on any atom is -0.756 e. The van der Waals surface area contributed by atoms with E-state index >= 15 is 0 Å². The van der Waals surface area contributed by atoms with Crippen LogP contribution in [-0.4, -0.2) is 79.8 Å². The molecule has 0 aliphatic rings. The lowest BCUT2D eigenvalue weighted by atomic mass is 10.0. The number of phosphoric acid groups is 1. The van der Waals surface area contributed by atoms with Gasteiger partial charge < -0.3 is 34.0 Å². The van der Waals surface area contributed by atoms with Crippen LogP contribution in [0.1, 0.15) is 239 Å².